The molecule has 1 aliphatic rings. The van der Waals surface area contributed by atoms with Crippen molar-refractivity contribution >= 4 is 11.9 Å². The second kappa shape index (κ2) is 8.48. The van der Waals surface area contributed by atoms with E-state index in [2.05, 4.69) is 0 Å². The van der Waals surface area contributed by atoms with Gasteiger partial charge in [0.05, 0.1) is 20.1 Å². The Bertz CT molecular complexity index is 851. The maximum absolute atomic E-state index is 13.5. The zero-order chi connectivity index (χ0) is 20.1. The van der Waals surface area contributed by atoms with Crippen LogP contribution in [0.15, 0.2) is 48.5 Å². The minimum atomic E-state index is -1.25. The minimum Gasteiger partial charge on any atom is -0.467 e. The molecule has 1 amide bonds. The first-order valence-corrected chi connectivity index (χ1v) is 8.91. The van der Waals surface area contributed by atoms with Crippen LogP contribution in [0.1, 0.15) is 17.5 Å². The maximum atomic E-state index is 13.5. The third kappa shape index (κ3) is 4.04. The van der Waals surface area contributed by atoms with Gasteiger partial charge in [-0.05, 0) is 23.3 Å². The number of carbonyl (C=O) groups excluding carboxylic acids is 2. The van der Waals surface area contributed by atoms with Gasteiger partial charge in [-0.1, -0.05) is 36.4 Å². The van der Waals surface area contributed by atoms with Crippen LogP contribution in [-0.4, -0.2) is 42.6 Å². The van der Waals surface area contributed by atoms with Crippen molar-refractivity contribution in [3.8, 4) is 0 Å². The number of benzene rings is 2. The van der Waals surface area contributed by atoms with Gasteiger partial charge in [-0.25, -0.2) is 13.6 Å². The first-order valence-electron chi connectivity index (χ1n) is 8.91. The molecule has 1 fully saturated rings. The molecular formula is C21H21F2NO4. The van der Waals surface area contributed by atoms with Crippen LogP contribution in [0.3, 0.4) is 0 Å². The topological polar surface area (TPSA) is 55.8 Å². The molecular weight excluding hydrogens is 368 g/mol. The number of methoxy groups -OCH3 is 1. The van der Waals surface area contributed by atoms with Crippen LogP contribution in [0.25, 0.3) is 0 Å². The van der Waals surface area contributed by atoms with Gasteiger partial charge in [0.15, 0.2) is 17.2 Å². The predicted molar refractivity (Wildman–Crippen MR) is 97.2 cm³/mol. The van der Waals surface area contributed by atoms with Crippen LogP contribution in [0.4, 0.5) is 8.78 Å². The lowest BCUT2D eigenvalue weighted by Crippen LogP contribution is -2.58. The SMILES string of the molecule is COC(=O)C1(N(Cc2ccccc2)C(=O)Cc2ccc(F)c(F)c2)CCOC1. The van der Waals surface area contributed by atoms with E-state index in [1.165, 1.54) is 18.1 Å². The molecule has 2 aromatic carbocycles. The fourth-order valence-electron chi connectivity index (χ4n) is 3.39. The van der Waals surface area contributed by atoms with E-state index < -0.39 is 29.0 Å². The summed E-state index contributed by atoms with van der Waals surface area (Å²) in [6.07, 6.45) is 0.124. The predicted octanol–water partition coefficient (Wildman–Crippen LogP) is 2.87. The zero-order valence-electron chi connectivity index (χ0n) is 15.5. The van der Waals surface area contributed by atoms with Gasteiger partial charge in [-0.2, -0.15) is 0 Å². The first-order chi connectivity index (χ1) is 13.5. The van der Waals surface area contributed by atoms with Crippen molar-refractivity contribution < 1.29 is 27.8 Å². The standard InChI is InChI=1S/C21H21F2NO4/c1-27-20(26)21(9-10-28-14-21)24(13-15-5-3-2-4-6-15)19(25)12-16-7-8-17(22)18(23)11-16/h2-8,11H,9-10,12-14H2,1H3. The smallest absolute Gasteiger partial charge is 0.334 e. The summed E-state index contributed by atoms with van der Waals surface area (Å²) in [6, 6.07) is 12.5. The molecule has 0 saturated carbocycles. The van der Waals surface area contributed by atoms with Crippen LogP contribution in [0.2, 0.25) is 0 Å². The third-order valence-electron chi connectivity index (χ3n) is 4.91. The van der Waals surface area contributed by atoms with E-state index in [1.54, 1.807) is 0 Å². The highest BCUT2D eigenvalue weighted by Gasteiger charge is 2.50. The summed E-state index contributed by atoms with van der Waals surface area (Å²) in [5.74, 6) is -2.95. The van der Waals surface area contributed by atoms with Gasteiger partial charge in [-0.3, -0.25) is 4.79 Å². The van der Waals surface area contributed by atoms with Crippen molar-refractivity contribution in [2.75, 3.05) is 20.3 Å². The van der Waals surface area contributed by atoms with E-state index in [0.29, 0.717) is 18.6 Å². The molecule has 2 aromatic rings. The number of hydrogen-bond donors (Lipinski definition) is 0. The van der Waals surface area contributed by atoms with Crippen molar-refractivity contribution in [2.24, 2.45) is 0 Å². The second-order valence-corrected chi connectivity index (χ2v) is 6.72. The van der Waals surface area contributed by atoms with E-state index >= 15 is 0 Å². The van der Waals surface area contributed by atoms with Gasteiger partial charge < -0.3 is 14.4 Å². The Kier molecular flexibility index (Phi) is 6.04. The molecule has 0 spiro atoms. The number of amides is 1. The zero-order valence-corrected chi connectivity index (χ0v) is 15.5. The Morgan fingerprint density at radius 2 is 1.86 bits per heavy atom. The van der Waals surface area contributed by atoms with Gasteiger partial charge in [-0.15, -0.1) is 0 Å². The summed E-state index contributed by atoms with van der Waals surface area (Å²) >= 11 is 0. The normalized spacial score (nSPS) is 18.7. The van der Waals surface area contributed by atoms with Gasteiger partial charge >= 0.3 is 5.97 Å². The molecule has 3 rings (SSSR count). The van der Waals surface area contributed by atoms with Crippen LogP contribution in [0.5, 0.6) is 0 Å². The molecule has 7 heteroatoms. The average Bonchev–Trinajstić information content (AvgIpc) is 3.20. The molecule has 0 bridgehead atoms. The molecule has 0 radical (unpaired) electrons. The molecule has 0 aliphatic carbocycles. The highest BCUT2D eigenvalue weighted by molar-refractivity contribution is 5.89. The van der Waals surface area contributed by atoms with E-state index in [1.807, 2.05) is 30.3 Å². The summed E-state index contributed by atoms with van der Waals surface area (Å²) < 4.78 is 37.1. The Labute approximate surface area is 161 Å². The lowest BCUT2D eigenvalue weighted by molar-refractivity contribution is -0.162. The highest BCUT2D eigenvalue weighted by atomic mass is 19.2. The quantitative estimate of drug-likeness (QED) is 0.713. The molecule has 1 atom stereocenters. The van der Waals surface area contributed by atoms with Crippen molar-refractivity contribution in [1.82, 2.24) is 4.90 Å². The largest absolute Gasteiger partial charge is 0.467 e. The van der Waals surface area contributed by atoms with E-state index in [9.17, 15) is 18.4 Å². The summed E-state index contributed by atoms with van der Waals surface area (Å²) in [6.45, 7) is 0.511. The average molecular weight is 389 g/mol. The summed E-state index contributed by atoms with van der Waals surface area (Å²) in [5.41, 5.74) is -0.0996. The Balaban J connectivity index is 1.93. The number of hydrogen-bond acceptors (Lipinski definition) is 4. The molecule has 1 unspecified atom stereocenters. The van der Waals surface area contributed by atoms with Gasteiger partial charge in [0.25, 0.3) is 0 Å². The Hall–Kier alpha value is -2.80. The fraction of sp³-hybridized carbons (Fsp3) is 0.333. The van der Waals surface area contributed by atoms with Crippen molar-refractivity contribution in [2.45, 2.75) is 24.9 Å². The minimum absolute atomic E-state index is 0.0238. The molecule has 1 saturated heterocycles. The number of halogens is 2. The van der Waals surface area contributed by atoms with Crippen LogP contribution < -0.4 is 0 Å². The molecule has 5 nitrogen and oxygen atoms in total. The van der Waals surface area contributed by atoms with Crippen molar-refractivity contribution in [3.05, 3.63) is 71.3 Å². The van der Waals surface area contributed by atoms with Crippen molar-refractivity contribution in [3.63, 3.8) is 0 Å². The molecule has 0 aromatic heterocycles. The molecule has 1 heterocycles. The van der Waals surface area contributed by atoms with E-state index in [4.69, 9.17) is 9.47 Å². The monoisotopic (exact) mass is 389 g/mol. The summed E-state index contributed by atoms with van der Waals surface area (Å²) in [4.78, 5) is 27.2. The van der Waals surface area contributed by atoms with Crippen LogP contribution >= 0.6 is 0 Å². The summed E-state index contributed by atoms with van der Waals surface area (Å²) in [7, 11) is 1.27. The fourth-order valence-corrected chi connectivity index (χ4v) is 3.39. The molecule has 148 valence electrons. The number of nitrogens with zero attached hydrogens (tertiary/aromatic N) is 1. The third-order valence-corrected chi connectivity index (χ3v) is 4.91. The van der Waals surface area contributed by atoms with Gasteiger partial charge in [0.2, 0.25) is 5.91 Å². The summed E-state index contributed by atoms with van der Waals surface area (Å²) in [5, 5.41) is 0. The van der Waals surface area contributed by atoms with E-state index in [-0.39, 0.29) is 19.6 Å². The molecule has 1 aliphatic heterocycles. The number of ether oxygens (including phenoxy) is 2. The first kappa shape index (κ1) is 19.9. The molecule has 28 heavy (non-hydrogen) atoms. The lowest BCUT2D eigenvalue weighted by atomic mass is 9.94. The highest BCUT2D eigenvalue weighted by Crippen LogP contribution is 2.30. The van der Waals surface area contributed by atoms with Crippen LogP contribution in [0, 0.1) is 11.6 Å². The maximum Gasteiger partial charge on any atom is 0.334 e. The molecule has 0 N–H and O–H groups in total. The van der Waals surface area contributed by atoms with Gasteiger partial charge in [0.1, 0.15) is 0 Å². The lowest BCUT2D eigenvalue weighted by Gasteiger charge is -2.38. The van der Waals surface area contributed by atoms with E-state index in [0.717, 1.165) is 17.7 Å². The van der Waals surface area contributed by atoms with Crippen LogP contribution in [-0.2, 0) is 32.0 Å². The number of rotatable bonds is 6. The Morgan fingerprint density at radius 3 is 2.46 bits per heavy atom. The number of esters is 1. The number of carbonyl (C=O) groups is 2. The van der Waals surface area contributed by atoms with Gasteiger partial charge in [0, 0.05) is 19.6 Å². The Morgan fingerprint density at radius 1 is 1.11 bits per heavy atom. The second-order valence-electron chi connectivity index (χ2n) is 6.72. The van der Waals surface area contributed by atoms with Crippen molar-refractivity contribution in [1.29, 1.82) is 0 Å².